The van der Waals surface area contributed by atoms with Crippen molar-refractivity contribution in [2.24, 2.45) is 0 Å². The number of halogens is 4. The van der Waals surface area contributed by atoms with Gasteiger partial charge in [-0.2, -0.15) is 28.7 Å². The Morgan fingerprint density at radius 1 is 0.676 bits per heavy atom. The smallest absolute Gasteiger partial charge is 0.329 e. The molecule has 6 rings (SSSR count). The maximum atomic E-state index is 14.1. The van der Waals surface area contributed by atoms with Gasteiger partial charge >= 0.3 is 11.4 Å². The summed E-state index contributed by atoms with van der Waals surface area (Å²) in [4.78, 5) is 88.9. The first-order chi connectivity index (χ1) is 30.7. The van der Waals surface area contributed by atoms with Crippen LogP contribution < -0.4 is 27.8 Å². The zero-order valence-corrected chi connectivity index (χ0v) is 39.7. The third kappa shape index (κ3) is 13.4. The van der Waals surface area contributed by atoms with Gasteiger partial charge in [-0.15, -0.1) is 0 Å². The van der Waals surface area contributed by atoms with Crippen molar-refractivity contribution >= 4 is 17.4 Å². The Hall–Kier alpha value is -7.41. The first kappa shape index (κ1) is 56.7. The van der Waals surface area contributed by atoms with E-state index in [2.05, 4.69) is 25.3 Å². The molecule has 2 aromatic carbocycles. The van der Waals surface area contributed by atoms with Crippen molar-refractivity contribution in [3.63, 3.8) is 0 Å². The molecule has 4 aromatic heterocycles. The number of aliphatic hydroxyl groups is 1. The van der Waals surface area contributed by atoms with Gasteiger partial charge in [-0.25, -0.2) is 14.6 Å². The van der Waals surface area contributed by atoms with Crippen LogP contribution in [0.5, 0.6) is 0 Å². The van der Waals surface area contributed by atoms with Crippen LogP contribution in [0, 0.1) is 54.4 Å². The molecule has 0 atom stereocenters. The van der Waals surface area contributed by atoms with Crippen molar-refractivity contribution in [3.8, 4) is 12.1 Å². The Morgan fingerprint density at radius 2 is 1.06 bits per heavy atom. The number of aliphatic hydroxyl groups excluding tert-OH is 1. The van der Waals surface area contributed by atoms with E-state index in [9.17, 15) is 52.5 Å². The van der Waals surface area contributed by atoms with E-state index in [0.29, 0.717) is 16.7 Å². The molecule has 0 aliphatic heterocycles. The number of hydrogen-bond acceptors (Lipinski definition) is 12. The molecule has 0 saturated heterocycles. The average molecular weight is 1110 g/mol. The number of H-pyrrole nitrogens is 2. The summed E-state index contributed by atoms with van der Waals surface area (Å²) in [6, 6.07) is 17.5. The molecule has 0 spiro atoms. The third-order valence-corrected chi connectivity index (χ3v) is 9.77. The quantitative estimate of drug-likeness (QED) is 0.0624. The molecule has 21 heteroatoms. The van der Waals surface area contributed by atoms with Gasteiger partial charge in [0.1, 0.15) is 17.2 Å². The van der Waals surface area contributed by atoms with E-state index < -0.39 is 63.7 Å². The summed E-state index contributed by atoms with van der Waals surface area (Å²) in [7, 11) is 0. The van der Waals surface area contributed by atoms with Crippen molar-refractivity contribution in [2.45, 2.75) is 73.9 Å². The van der Waals surface area contributed by atoms with Crippen LogP contribution in [0.2, 0.25) is 0 Å². The summed E-state index contributed by atoms with van der Waals surface area (Å²) in [5.74, 6) is -4.93. The molecule has 0 unspecified atom stereocenters. The molecule has 0 radical (unpaired) electrons. The number of pyridine rings is 2. The zero-order valence-electron chi connectivity index (χ0n) is 36.8. The Morgan fingerprint density at radius 3 is 1.43 bits per heavy atom. The number of carbonyl (C=O) groups excluding carboxylic acids is 2. The molecule has 4 heterocycles. The summed E-state index contributed by atoms with van der Waals surface area (Å²) in [6.45, 7) is 9.59. The van der Waals surface area contributed by atoms with Crippen molar-refractivity contribution in [1.29, 1.82) is 10.5 Å². The molecule has 0 aliphatic rings. The molecule has 0 saturated carbocycles. The summed E-state index contributed by atoms with van der Waals surface area (Å²) >= 11 is 0. The minimum Gasteiger partial charge on any atom is -0.395 e. The van der Waals surface area contributed by atoms with Crippen LogP contribution in [0.1, 0.15) is 124 Å². The number of ketones is 2. The number of hydrogen-bond donors (Lipinski definition) is 4. The summed E-state index contributed by atoms with van der Waals surface area (Å²) in [5.41, 5.74) is -0.835. The molecule has 4 N–H and O–H groups in total. The summed E-state index contributed by atoms with van der Waals surface area (Å²) < 4.78 is 43.3. The van der Waals surface area contributed by atoms with E-state index in [1.54, 1.807) is 59.7 Å². The van der Waals surface area contributed by atoms with Crippen LogP contribution in [0.4, 0.5) is 23.7 Å². The second-order valence-corrected chi connectivity index (χ2v) is 15.5. The van der Waals surface area contributed by atoms with E-state index in [-0.39, 0.29) is 116 Å². The Bertz CT molecular complexity index is 3170. The fraction of sp³-hybridized carbons (Fsp3) is 0.277. The van der Waals surface area contributed by atoms with Crippen LogP contribution in [-0.2, 0) is 34.2 Å². The number of anilines is 1. The number of aryl methyl sites for hydroxylation is 2. The second-order valence-electron chi connectivity index (χ2n) is 15.5. The molecule has 0 bridgehead atoms. The maximum Gasteiger partial charge on any atom is 0.329 e. The summed E-state index contributed by atoms with van der Waals surface area (Å²) in [6.07, 6.45) is 0. The molecular formula is C47H47F4N9O7W. The zero-order chi connectivity index (χ0) is 47.9. The van der Waals surface area contributed by atoms with Gasteiger partial charge in [-0.05, 0) is 109 Å². The standard InChI is InChI=1S/C24H24FN5O4.C22H18F2N4O3.CH4.FH.W/c1-13(2)20-21(22(32)17-7-14(3)6-15(8-17)11-26)30(24(34)29-23(20)33)12-16-9-18(25)28-19(10-16)27-4-5-31;1-11(2)18-19(20(29)15-5-12(3)4-13(6-15)9-25)28(22(31)27-21(18)30)10-14-7-16(23)26-17(24)8-14;;;/h6-10,13,31H,4-5,12H2,1-3H3,(H,27,28)(H,29,33,34);4-8,11H,10H2,1-3H3,(H,27,30,31);1H4;1H;. The predicted octanol–water partition coefficient (Wildman–Crippen LogP) is 5.64. The third-order valence-electron chi connectivity index (χ3n) is 9.77. The van der Waals surface area contributed by atoms with Crippen molar-refractivity contribution in [1.82, 2.24) is 29.1 Å². The Labute approximate surface area is 400 Å². The monoisotopic (exact) mass is 1110 g/mol. The van der Waals surface area contributed by atoms with E-state index in [1.165, 1.54) is 24.3 Å². The van der Waals surface area contributed by atoms with Crippen molar-refractivity contribution in [2.75, 3.05) is 18.5 Å². The number of benzene rings is 2. The molecule has 0 aliphatic carbocycles. The fourth-order valence-electron chi connectivity index (χ4n) is 7.15. The maximum absolute atomic E-state index is 14.1. The molecule has 0 amide bonds. The second kappa shape index (κ2) is 24.4. The predicted molar refractivity (Wildman–Crippen MR) is 241 cm³/mol. The van der Waals surface area contributed by atoms with Gasteiger partial charge in [0.05, 0.1) is 43.0 Å². The molecular weight excluding hydrogens is 1060 g/mol. The van der Waals surface area contributed by atoms with Gasteiger partial charge in [0, 0.05) is 49.9 Å². The van der Waals surface area contributed by atoms with Gasteiger partial charge in [0.15, 0.2) is 0 Å². The first-order valence-electron chi connectivity index (χ1n) is 19.9. The largest absolute Gasteiger partial charge is 0.395 e. The normalized spacial score (nSPS) is 10.4. The molecule has 6 aromatic rings. The van der Waals surface area contributed by atoms with Crippen LogP contribution in [0.15, 0.2) is 79.8 Å². The fourth-order valence-corrected chi connectivity index (χ4v) is 7.15. The van der Waals surface area contributed by atoms with Gasteiger partial charge < -0.3 is 10.4 Å². The summed E-state index contributed by atoms with van der Waals surface area (Å²) in [5, 5.41) is 30.3. The number of nitriles is 2. The van der Waals surface area contributed by atoms with Gasteiger partial charge in [-0.1, -0.05) is 35.1 Å². The SMILES string of the molecule is C.Cc1cc(C#N)cc(C(=O)c2c(C(C)C)c(=O)[nH]c(=O)n2Cc2cc(F)nc(F)c2)c1.Cc1cc(C#N)cc(C(=O)c2c(C(C)C)c(=O)[nH]c(=O)n2Cc2cc(F)nc(NCCO)c2)c1.F.[W]. The average Bonchev–Trinajstić information content (AvgIpc) is 3.22. The Kier molecular flexibility index (Phi) is 20.3. The molecule has 356 valence electrons. The van der Waals surface area contributed by atoms with Crippen molar-refractivity contribution in [3.05, 3.63) is 187 Å². The molecule has 16 nitrogen and oxygen atoms in total. The van der Waals surface area contributed by atoms with Crippen LogP contribution >= 0.6 is 0 Å². The van der Waals surface area contributed by atoms with Crippen LogP contribution in [-0.4, -0.2) is 58.9 Å². The van der Waals surface area contributed by atoms with Gasteiger partial charge in [0.2, 0.25) is 29.4 Å². The number of rotatable bonds is 13. The number of carbonyl (C=O) groups is 2. The number of aromatic nitrogens is 6. The van der Waals surface area contributed by atoms with E-state index >= 15 is 0 Å². The number of nitrogens with zero attached hydrogens (tertiary/aromatic N) is 6. The van der Waals surface area contributed by atoms with Gasteiger partial charge in [-0.3, -0.25) is 43.0 Å². The van der Waals surface area contributed by atoms with Crippen LogP contribution in [0.25, 0.3) is 0 Å². The van der Waals surface area contributed by atoms with Crippen LogP contribution in [0.3, 0.4) is 0 Å². The topological polar surface area (TPSA) is 249 Å². The minimum absolute atomic E-state index is 0. The minimum atomic E-state index is -1.08. The Balaban J connectivity index is 0.000000449. The van der Waals surface area contributed by atoms with E-state index in [1.807, 2.05) is 12.1 Å². The first-order valence-corrected chi connectivity index (χ1v) is 19.9. The molecule has 0 fully saturated rings. The van der Waals surface area contributed by atoms with Crippen molar-refractivity contribution < 1.29 is 53.6 Å². The number of nitrogens with one attached hydrogen (secondary N) is 3. The van der Waals surface area contributed by atoms with E-state index in [0.717, 1.165) is 27.3 Å². The van der Waals surface area contributed by atoms with Gasteiger partial charge in [0.25, 0.3) is 11.1 Å². The van der Waals surface area contributed by atoms with E-state index in [4.69, 9.17) is 5.11 Å². The molecule has 68 heavy (non-hydrogen) atoms. The number of aromatic amines is 2.